The average molecular weight is 287 g/mol. The minimum Gasteiger partial charge on any atom is -0.478 e. The molecule has 0 unspecified atom stereocenters. The quantitative estimate of drug-likeness (QED) is 0.805. The highest BCUT2D eigenvalue weighted by atomic mass is 79.9. The van der Waals surface area contributed by atoms with Crippen LogP contribution in [0.1, 0.15) is 15.9 Å². The summed E-state index contributed by atoms with van der Waals surface area (Å²) in [5.74, 6) is -2.96. The number of hydrogen-bond acceptors (Lipinski definition) is 1. The van der Waals surface area contributed by atoms with E-state index in [-0.39, 0.29) is 6.07 Å². The summed E-state index contributed by atoms with van der Waals surface area (Å²) in [5.41, 5.74) is -2.23. The van der Waals surface area contributed by atoms with Crippen LogP contribution in [0, 0.1) is 5.82 Å². The van der Waals surface area contributed by atoms with E-state index in [9.17, 15) is 22.4 Å². The van der Waals surface area contributed by atoms with Gasteiger partial charge < -0.3 is 5.11 Å². The van der Waals surface area contributed by atoms with E-state index in [1.165, 1.54) is 0 Å². The van der Waals surface area contributed by atoms with Crippen molar-refractivity contribution in [1.82, 2.24) is 0 Å². The third-order valence-electron chi connectivity index (χ3n) is 1.59. The maximum atomic E-state index is 12.9. The number of hydrogen-bond donors (Lipinski definition) is 1. The second kappa shape index (κ2) is 3.80. The normalized spacial score (nSPS) is 11.5. The summed E-state index contributed by atoms with van der Waals surface area (Å²) < 4.78 is 49.2. The van der Waals surface area contributed by atoms with Crippen molar-refractivity contribution in [3.8, 4) is 0 Å². The lowest BCUT2D eigenvalue weighted by Crippen LogP contribution is -2.10. The Morgan fingerprint density at radius 1 is 1.33 bits per heavy atom. The minimum absolute atomic E-state index is 0.252. The molecule has 0 aliphatic heterocycles. The maximum Gasteiger partial charge on any atom is 0.417 e. The number of halogens is 5. The fourth-order valence-corrected chi connectivity index (χ4v) is 1.47. The highest BCUT2D eigenvalue weighted by Gasteiger charge is 2.34. The van der Waals surface area contributed by atoms with Crippen molar-refractivity contribution in [2.45, 2.75) is 6.18 Å². The molecule has 0 bridgehead atoms. The Balaban J connectivity index is 3.43. The molecule has 0 fully saturated rings. The molecule has 0 aromatic heterocycles. The van der Waals surface area contributed by atoms with Gasteiger partial charge in [-0.2, -0.15) is 13.2 Å². The number of alkyl halides is 3. The Kier molecular flexibility index (Phi) is 3.03. The SMILES string of the molecule is O=C(O)c1cc(C(F)(F)F)c(Br)cc1F. The van der Waals surface area contributed by atoms with E-state index in [2.05, 4.69) is 15.9 Å². The van der Waals surface area contributed by atoms with Crippen LogP contribution < -0.4 is 0 Å². The van der Waals surface area contributed by atoms with Crippen molar-refractivity contribution in [1.29, 1.82) is 0 Å². The number of carboxylic acids is 1. The molecule has 0 spiro atoms. The Bertz CT molecular complexity index is 414. The summed E-state index contributed by atoms with van der Waals surface area (Å²) in [4.78, 5) is 10.4. The Morgan fingerprint density at radius 3 is 2.27 bits per heavy atom. The molecule has 0 saturated carbocycles. The van der Waals surface area contributed by atoms with Gasteiger partial charge in [-0.3, -0.25) is 0 Å². The number of carboxylic acid groups (broad SMARTS) is 1. The summed E-state index contributed by atoms with van der Waals surface area (Å²) in [6, 6.07) is 0.730. The third kappa shape index (κ3) is 2.47. The van der Waals surface area contributed by atoms with Crippen LogP contribution in [-0.4, -0.2) is 11.1 Å². The molecule has 0 saturated heterocycles. The molecule has 0 atom stereocenters. The minimum atomic E-state index is -4.73. The first kappa shape index (κ1) is 12.0. The molecule has 0 aliphatic carbocycles. The summed E-state index contributed by atoms with van der Waals surface area (Å²) in [7, 11) is 0. The number of aromatic carboxylic acids is 1. The van der Waals surface area contributed by atoms with E-state index in [1.807, 2.05) is 0 Å². The van der Waals surface area contributed by atoms with Crippen LogP contribution in [0.5, 0.6) is 0 Å². The second-order valence-corrected chi connectivity index (χ2v) is 3.47. The van der Waals surface area contributed by atoms with Crippen LogP contribution in [0.2, 0.25) is 0 Å². The van der Waals surface area contributed by atoms with Gasteiger partial charge in [0.1, 0.15) is 5.82 Å². The Labute approximate surface area is 89.6 Å². The van der Waals surface area contributed by atoms with E-state index in [4.69, 9.17) is 5.11 Å². The molecular weight excluding hydrogens is 284 g/mol. The first-order valence-corrected chi connectivity index (χ1v) is 4.32. The van der Waals surface area contributed by atoms with Crippen molar-refractivity contribution >= 4 is 21.9 Å². The monoisotopic (exact) mass is 286 g/mol. The van der Waals surface area contributed by atoms with Crippen molar-refractivity contribution in [2.24, 2.45) is 0 Å². The van der Waals surface area contributed by atoms with Gasteiger partial charge in [0.2, 0.25) is 0 Å². The summed E-state index contributed by atoms with van der Waals surface area (Å²) in [6.07, 6.45) is -4.73. The van der Waals surface area contributed by atoms with Gasteiger partial charge in [-0.1, -0.05) is 15.9 Å². The van der Waals surface area contributed by atoms with Crippen LogP contribution in [0.4, 0.5) is 17.6 Å². The van der Waals surface area contributed by atoms with E-state index in [0.717, 1.165) is 0 Å². The van der Waals surface area contributed by atoms with Crippen LogP contribution >= 0.6 is 15.9 Å². The predicted molar refractivity (Wildman–Crippen MR) is 46.1 cm³/mol. The molecule has 2 nitrogen and oxygen atoms in total. The zero-order chi connectivity index (χ0) is 11.8. The first-order valence-electron chi connectivity index (χ1n) is 3.53. The predicted octanol–water partition coefficient (Wildman–Crippen LogP) is 3.31. The van der Waals surface area contributed by atoms with E-state index < -0.39 is 33.6 Å². The van der Waals surface area contributed by atoms with Gasteiger partial charge in [0.25, 0.3) is 0 Å². The number of carbonyl (C=O) groups is 1. The molecule has 0 amide bonds. The number of benzene rings is 1. The third-order valence-corrected chi connectivity index (χ3v) is 2.25. The van der Waals surface area contributed by atoms with E-state index in [1.54, 1.807) is 0 Å². The fourth-order valence-electron chi connectivity index (χ4n) is 0.930. The van der Waals surface area contributed by atoms with Gasteiger partial charge in [-0.15, -0.1) is 0 Å². The summed E-state index contributed by atoms with van der Waals surface area (Å²) in [5, 5.41) is 8.42. The van der Waals surface area contributed by atoms with E-state index in [0.29, 0.717) is 6.07 Å². The lowest BCUT2D eigenvalue weighted by Gasteiger charge is -2.10. The summed E-state index contributed by atoms with van der Waals surface area (Å²) in [6.45, 7) is 0. The molecule has 1 N–H and O–H groups in total. The largest absolute Gasteiger partial charge is 0.478 e. The molecule has 7 heteroatoms. The Morgan fingerprint density at radius 2 is 1.87 bits per heavy atom. The zero-order valence-electron chi connectivity index (χ0n) is 6.90. The lowest BCUT2D eigenvalue weighted by molar-refractivity contribution is -0.138. The average Bonchev–Trinajstić information content (AvgIpc) is 2.00. The highest BCUT2D eigenvalue weighted by molar-refractivity contribution is 9.10. The smallest absolute Gasteiger partial charge is 0.417 e. The molecule has 0 heterocycles. The van der Waals surface area contributed by atoms with Crippen LogP contribution in [0.15, 0.2) is 16.6 Å². The molecule has 1 aromatic carbocycles. The van der Waals surface area contributed by atoms with Crippen LogP contribution in [0.3, 0.4) is 0 Å². The molecule has 1 aromatic rings. The molecule has 82 valence electrons. The number of rotatable bonds is 1. The zero-order valence-corrected chi connectivity index (χ0v) is 8.49. The molecular formula is C8H3BrF4O2. The molecule has 1 rings (SSSR count). The van der Waals surface area contributed by atoms with Crippen LogP contribution in [0.25, 0.3) is 0 Å². The van der Waals surface area contributed by atoms with Gasteiger partial charge in [-0.25, -0.2) is 9.18 Å². The van der Waals surface area contributed by atoms with Gasteiger partial charge in [0.05, 0.1) is 11.1 Å². The van der Waals surface area contributed by atoms with Crippen molar-refractivity contribution in [3.05, 3.63) is 33.5 Å². The van der Waals surface area contributed by atoms with Crippen molar-refractivity contribution in [2.75, 3.05) is 0 Å². The van der Waals surface area contributed by atoms with Gasteiger partial charge in [0, 0.05) is 4.47 Å². The highest BCUT2D eigenvalue weighted by Crippen LogP contribution is 2.36. The van der Waals surface area contributed by atoms with Crippen LogP contribution in [-0.2, 0) is 6.18 Å². The van der Waals surface area contributed by atoms with Crippen molar-refractivity contribution in [3.63, 3.8) is 0 Å². The molecule has 0 aliphatic rings. The molecule has 15 heavy (non-hydrogen) atoms. The lowest BCUT2D eigenvalue weighted by atomic mass is 10.1. The second-order valence-electron chi connectivity index (χ2n) is 2.61. The standard InChI is InChI=1S/C8H3BrF4O2/c9-5-2-6(10)3(7(14)15)1-4(5)8(11,12)13/h1-2H,(H,14,15). The maximum absolute atomic E-state index is 12.9. The first-order chi connectivity index (χ1) is 6.73. The fraction of sp³-hybridized carbons (Fsp3) is 0.125. The van der Waals surface area contributed by atoms with Gasteiger partial charge >= 0.3 is 12.1 Å². The summed E-state index contributed by atoms with van der Waals surface area (Å²) >= 11 is 2.51. The van der Waals surface area contributed by atoms with Gasteiger partial charge in [-0.05, 0) is 12.1 Å². The molecule has 0 radical (unpaired) electrons. The van der Waals surface area contributed by atoms with Crippen molar-refractivity contribution < 1.29 is 27.5 Å². The van der Waals surface area contributed by atoms with E-state index >= 15 is 0 Å². The Hall–Kier alpha value is -1.11. The topological polar surface area (TPSA) is 37.3 Å². The van der Waals surface area contributed by atoms with Gasteiger partial charge in [0.15, 0.2) is 0 Å².